The predicted molar refractivity (Wildman–Crippen MR) is 36.0 cm³/mol. The van der Waals surface area contributed by atoms with Crippen molar-refractivity contribution in [2.24, 2.45) is 0 Å². The molecule has 0 radical (unpaired) electrons. The van der Waals surface area contributed by atoms with Crippen LogP contribution in [-0.2, 0) is 4.79 Å². The average Bonchev–Trinajstić information content (AvgIpc) is 1.91. The van der Waals surface area contributed by atoms with Crippen molar-refractivity contribution in [2.45, 2.75) is 0 Å². The summed E-state index contributed by atoms with van der Waals surface area (Å²) in [5, 5.41) is 2.36. The molecular formula is C5H10ClNO. The molecule has 1 N–H and O–H groups in total. The van der Waals surface area contributed by atoms with Crippen LogP contribution in [0, 0.1) is 0 Å². The van der Waals surface area contributed by atoms with Gasteiger partial charge in [0.25, 0.3) is 0 Å². The second-order valence-electron chi connectivity index (χ2n) is 0.818. The van der Waals surface area contributed by atoms with Gasteiger partial charge in [-0.15, -0.1) is 11.6 Å². The summed E-state index contributed by atoms with van der Waals surface area (Å²) < 4.78 is 0. The van der Waals surface area contributed by atoms with E-state index in [2.05, 4.69) is 23.5 Å². The van der Waals surface area contributed by atoms with Crippen LogP contribution in [0.2, 0.25) is 0 Å². The Hall–Kier alpha value is -0.500. The van der Waals surface area contributed by atoms with Gasteiger partial charge >= 0.3 is 0 Å². The summed E-state index contributed by atoms with van der Waals surface area (Å²) in [5.41, 5.74) is 0. The third kappa shape index (κ3) is 9.09. The average molecular weight is 136 g/mol. The summed E-state index contributed by atoms with van der Waals surface area (Å²) in [6.45, 7) is 3.22. The molecule has 0 atom stereocenters. The fourth-order valence-corrected chi connectivity index (χ4v) is 0.102. The van der Waals surface area contributed by atoms with Crippen LogP contribution in [-0.4, -0.2) is 19.3 Å². The fourth-order valence-electron chi connectivity index (χ4n) is 0.102. The van der Waals surface area contributed by atoms with Crippen LogP contribution in [0.25, 0.3) is 0 Å². The molecule has 0 fully saturated rings. The molecule has 0 bridgehead atoms. The lowest BCUT2D eigenvalue weighted by Gasteiger charge is -1.82. The van der Waals surface area contributed by atoms with Gasteiger partial charge in [0.05, 0.1) is 0 Å². The first kappa shape index (κ1) is 10.5. The third-order valence-corrected chi connectivity index (χ3v) is 0.432. The minimum absolute atomic E-state index is 0.144. The SMILES string of the molecule is C=CC(=O)NC.CCl. The van der Waals surface area contributed by atoms with Gasteiger partial charge in [-0.3, -0.25) is 4.79 Å². The standard InChI is InChI=1S/C4H7NO.CH3Cl/c1-3-4(6)5-2;1-2/h3H,1H2,2H3,(H,5,6);1H3. The number of carbonyl (C=O) groups is 1. The number of halogens is 1. The van der Waals surface area contributed by atoms with Crippen LogP contribution < -0.4 is 5.32 Å². The van der Waals surface area contributed by atoms with Crippen molar-refractivity contribution in [3.63, 3.8) is 0 Å². The molecular weight excluding hydrogens is 126 g/mol. The Bertz CT molecular complexity index is 72.8. The van der Waals surface area contributed by atoms with E-state index in [0.717, 1.165) is 0 Å². The smallest absolute Gasteiger partial charge is 0.243 e. The van der Waals surface area contributed by atoms with Crippen LogP contribution in [0.5, 0.6) is 0 Å². The molecule has 1 amide bonds. The van der Waals surface area contributed by atoms with Crippen LogP contribution in [0.3, 0.4) is 0 Å². The summed E-state index contributed by atoms with van der Waals surface area (Å²) in [5.74, 6) is -0.144. The zero-order chi connectivity index (χ0) is 6.99. The van der Waals surface area contributed by atoms with E-state index >= 15 is 0 Å². The van der Waals surface area contributed by atoms with Crippen molar-refractivity contribution in [1.82, 2.24) is 5.32 Å². The molecule has 3 heteroatoms. The van der Waals surface area contributed by atoms with Crippen LogP contribution in [0.4, 0.5) is 0 Å². The zero-order valence-corrected chi connectivity index (χ0v) is 5.83. The molecule has 0 heterocycles. The minimum Gasteiger partial charge on any atom is -0.356 e. The van der Waals surface area contributed by atoms with Crippen molar-refractivity contribution in [3.8, 4) is 0 Å². The quantitative estimate of drug-likeness (QED) is 0.418. The van der Waals surface area contributed by atoms with Crippen molar-refractivity contribution in [2.75, 3.05) is 13.4 Å². The van der Waals surface area contributed by atoms with Gasteiger partial charge < -0.3 is 5.32 Å². The van der Waals surface area contributed by atoms with Crippen molar-refractivity contribution in [1.29, 1.82) is 0 Å². The maximum absolute atomic E-state index is 9.95. The second kappa shape index (κ2) is 9.71. The lowest BCUT2D eigenvalue weighted by Crippen LogP contribution is -2.13. The topological polar surface area (TPSA) is 29.1 Å². The van der Waals surface area contributed by atoms with E-state index in [1.165, 1.54) is 12.5 Å². The van der Waals surface area contributed by atoms with Gasteiger partial charge in [0, 0.05) is 13.4 Å². The molecule has 0 aliphatic heterocycles. The molecule has 0 aromatic rings. The van der Waals surface area contributed by atoms with Gasteiger partial charge in [0.1, 0.15) is 0 Å². The van der Waals surface area contributed by atoms with Gasteiger partial charge in [0.2, 0.25) is 5.91 Å². The first-order valence-electron chi connectivity index (χ1n) is 2.03. The van der Waals surface area contributed by atoms with Crippen LogP contribution in [0.1, 0.15) is 0 Å². The summed E-state index contributed by atoms with van der Waals surface area (Å²) in [6, 6.07) is 0. The lowest BCUT2D eigenvalue weighted by atomic mass is 10.6. The predicted octanol–water partition coefficient (Wildman–Crippen LogP) is 0.773. The van der Waals surface area contributed by atoms with Gasteiger partial charge in [-0.1, -0.05) is 6.58 Å². The Kier molecular flexibility index (Phi) is 12.7. The molecule has 0 saturated carbocycles. The van der Waals surface area contributed by atoms with Gasteiger partial charge in [-0.2, -0.15) is 0 Å². The first-order chi connectivity index (χ1) is 3.81. The molecule has 0 aliphatic rings. The summed E-state index contributed by atoms with van der Waals surface area (Å²) in [6.07, 6.45) is 2.69. The van der Waals surface area contributed by atoms with Crippen LogP contribution in [0.15, 0.2) is 12.7 Å². The number of hydrogen-bond acceptors (Lipinski definition) is 1. The van der Waals surface area contributed by atoms with E-state index in [9.17, 15) is 4.79 Å². The van der Waals surface area contributed by atoms with Gasteiger partial charge in [-0.25, -0.2) is 0 Å². The second-order valence-corrected chi connectivity index (χ2v) is 0.818. The number of likely N-dealkylation sites (N-methyl/N-ethyl adjacent to an activating group) is 1. The zero-order valence-electron chi connectivity index (χ0n) is 5.07. The van der Waals surface area contributed by atoms with Crippen molar-refractivity contribution < 1.29 is 4.79 Å². The molecule has 2 nitrogen and oxygen atoms in total. The molecule has 0 rings (SSSR count). The Morgan fingerprint density at radius 2 is 2.12 bits per heavy atom. The van der Waals surface area contributed by atoms with E-state index in [0.29, 0.717) is 0 Å². The van der Waals surface area contributed by atoms with E-state index in [4.69, 9.17) is 0 Å². The highest BCUT2D eigenvalue weighted by molar-refractivity contribution is 6.15. The van der Waals surface area contributed by atoms with Gasteiger partial charge in [0.15, 0.2) is 0 Å². The Morgan fingerprint density at radius 3 is 2.12 bits per heavy atom. The molecule has 0 aromatic carbocycles. The molecule has 0 aromatic heterocycles. The number of rotatable bonds is 1. The number of carbonyl (C=O) groups excluding carboxylic acids is 1. The highest BCUT2D eigenvalue weighted by Crippen LogP contribution is 1.56. The Labute approximate surface area is 54.5 Å². The maximum atomic E-state index is 9.95. The fraction of sp³-hybridized carbons (Fsp3) is 0.400. The molecule has 0 saturated heterocycles. The third-order valence-electron chi connectivity index (χ3n) is 0.432. The summed E-state index contributed by atoms with van der Waals surface area (Å²) >= 11 is 4.64. The molecule has 8 heavy (non-hydrogen) atoms. The summed E-state index contributed by atoms with van der Waals surface area (Å²) in [4.78, 5) is 9.95. The Morgan fingerprint density at radius 1 is 1.75 bits per heavy atom. The number of hydrogen-bond donors (Lipinski definition) is 1. The number of nitrogens with one attached hydrogen (secondary N) is 1. The first-order valence-corrected chi connectivity index (χ1v) is 2.78. The molecule has 0 unspecified atom stereocenters. The minimum atomic E-state index is -0.144. The van der Waals surface area contributed by atoms with Crippen molar-refractivity contribution in [3.05, 3.63) is 12.7 Å². The van der Waals surface area contributed by atoms with E-state index in [1.807, 2.05) is 0 Å². The largest absolute Gasteiger partial charge is 0.356 e. The number of amides is 1. The van der Waals surface area contributed by atoms with Gasteiger partial charge in [-0.05, 0) is 6.08 Å². The van der Waals surface area contributed by atoms with Crippen molar-refractivity contribution >= 4 is 17.5 Å². The van der Waals surface area contributed by atoms with E-state index in [1.54, 1.807) is 7.05 Å². The lowest BCUT2D eigenvalue weighted by molar-refractivity contribution is -0.116. The van der Waals surface area contributed by atoms with Crippen LogP contribution >= 0.6 is 11.6 Å². The highest BCUT2D eigenvalue weighted by Gasteiger charge is 1.78. The molecule has 48 valence electrons. The maximum Gasteiger partial charge on any atom is 0.243 e. The van der Waals surface area contributed by atoms with E-state index < -0.39 is 0 Å². The highest BCUT2D eigenvalue weighted by atomic mass is 35.5. The Balaban J connectivity index is 0. The monoisotopic (exact) mass is 135 g/mol. The van der Waals surface area contributed by atoms with E-state index in [-0.39, 0.29) is 5.91 Å². The summed E-state index contributed by atoms with van der Waals surface area (Å²) in [7, 11) is 1.56. The number of alkyl halides is 1. The molecule has 0 spiro atoms. The normalized spacial score (nSPS) is 5.88. The molecule has 0 aliphatic carbocycles.